The lowest BCUT2D eigenvalue weighted by Gasteiger charge is -2.33. The van der Waals surface area contributed by atoms with Crippen LogP contribution in [0.5, 0.6) is 0 Å². The second-order valence-corrected chi connectivity index (χ2v) is 7.69. The van der Waals surface area contributed by atoms with Gasteiger partial charge in [-0.15, -0.1) is 0 Å². The van der Waals surface area contributed by atoms with E-state index in [1.807, 2.05) is 0 Å². The van der Waals surface area contributed by atoms with Crippen molar-refractivity contribution in [1.82, 2.24) is 4.90 Å². The van der Waals surface area contributed by atoms with Crippen LogP contribution in [0.15, 0.2) is 0 Å². The highest BCUT2D eigenvalue weighted by molar-refractivity contribution is 4.73. The summed E-state index contributed by atoms with van der Waals surface area (Å²) in [6.07, 6.45) is 21.2. The summed E-state index contributed by atoms with van der Waals surface area (Å²) in [4.78, 5) is 2.67. The quantitative estimate of drug-likeness (QED) is 0.249. The minimum atomic E-state index is 0.736. The highest BCUT2D eigenvalue weighted by Crippen LogP contribution is 2.20. The van der Waals surface area contributed by atoms with Crippen LogP contribution in [-0.4, -0.2) is 24.0 Å². The second kappa shape index (κ2) is 16.8. The number of hydrogen-bond acceptors (Lipinski definition) is 1. The van der Waals surface area contributed by atoms with Crippen molar-refractivity contribution >= 4 is 0 Å². The Morgan fingerprint density at radius 1 is 0.609 bits per heavy atom. The molecule has 1 heteroatoms. The molecule has 140 valence electrons. The fourth-order valence-corrected chi connectivity index (χ4v) is 3.52. The molecular weight excluding hydrogens is 278 g/mol. The smallest absolute Gasteiger partial charge is 0.00950 e. The third-order valence-corrected chi connectivity index (χ3v) is 5.64. The van der Waals surface area contributed by atoms with E-state index in [2.05, 4.69) is 39.6 Å². The maximum Gasteiger partial charge on any atom is 0.00950 e. The molecule has 0 fully saturated rings. The first-order valence-corrected chi connectivity index (χ1v) is 10.9. The zero-order chi connectivity index (χ0) is 17.3. The Kier molecular flexibility index (Phi) is 16.8. The summed E-state index contributed by atoms with van der Waals surface area (Å²) in [5.74, 6) is 0. The Morgan fingerprint density at radius 3 is 1.43 bits per heavy atom. The first-order chi connectivity index (χ1) is 11.2. The second-order valence-electron chi connectivity index (χ2n) is 7.69. The molecule has 0 aliphatic heterocycles. The molecule has 0 aromatic carbocycles. The van der Waals surface area contributed by atoms with Crippen molar-refractivity contribution in [2.24, 2.45) is 0 Å². The van der Waals surface area contributed by atoms with Gasteiger partial charge in [-0.05, 0) is 33.2 Å². The average Bonchev–Trinajstić information content (AvgIpc) is 2.57. The molecule has 0 saturated carbocycles. The summed E-state index contributed by atoms with van der Waals surface area (Å²) in [5.41, 5.74) is 0. The van der Waals surface area contributed by atoms with E-state index in [1.54, 1.807) is 0 Å². The van der Waals surface area contributed by atoms with E-state index in [9.17, 15) is 0 Å². The molecule has 1 nitrogen and oxygen atoms in total. The fraction of sp³-hybridized carbons (Fsp3) is 1.00. The summed E-state index contributed by atoms with van der Waals surface area (Å²) in [7, 11) is 2.36. The van der Waals surface area contributed by atoms with Gasteiger partial charge in [0.25, 0.3) is 0 Å². The van der Waals surface area contributed by atoms with Crippen LogP contribution in [0.1, 0.15) is 124 Å². The molecule has 23 heavy (non-hydrogen) atoms. The van der Waals surface area contributed by atoms with Crippen molar-refractivity contribution < 1.29 is 0 Å². The van der Waals surface area contributed by atoms with Gasteiger partial charge in [-0.2, -0.15) is 0 Å². The lowest BCUT2D eigenvalue weighted by Crippen LogP contribution is -2.38. The summed E-state index contributed by atoms with van der Waals surface area (Å²) >= 11 is 0. The SMILES string of the molecule is CCCCCCCCCCC(CCCCCC)N(C)C(C)CC. The molecule has 0 aromatic heterocycles. The van der Waals surface area contributed by atoms with Crippen LogP contribution >= 0.6 is 0 Å². The molecule has 0 rings (SSSR count). The van der Waals surface area contributed by atoms with Gasteiger partial charge in [0.15, 0.2) is 0 Å². The monoisotopic (exact) mass is 325 g/mol. The zero-order valence-corrected chi connectivity index (χ0v) is 17.2. The Balaban J connectivity index is 3.91. The van der Waals surface area contributed by atoms with Crippen LogP contribution in [0, 0.1) is 0 Å². The largest absolute Gasteiger partial charge is 0.301 e. The van der Waals surface area contributed by atoms with E-state index in [0.29, 0.717) is 0 Å². The van der Waals surface area contributed by atoms with Crippen LogP contribution in [0.2, 0.25) is 0 Å². The summed E-state index contributed by atoms with van der Waals surface area (Å²) in [6, 6.07) is 1.56. The highest BCUT2D eigenvalue weighted by atomic mass is 15.1. The topological polar surface area (TPSA) is 3.24 Å². The molecule has 0 spiro atoms. The molecule has 2 unspecified atom stereocenters. The van der Waals surface area contributed by atoms with E-state index in [4.69, 9.17) is 0 Å². The molecule has 0 amide bonds. The number of nitrogens with zero attached hydrogens (tertiary/aromatic N) is 1. The van der Waals surface area contributed by atoms with Gasteiger partial charge in [0.1, 0.15) is 0 Å². The maximum absolute atomic E-state index is 2.67. The molecule has 0 saturated heterocycles. The Hall–Kier alpha value is -0.0400. The Bertz CT molecular complexity index is 226. The van der Waals surface area contributed by atoms with Crippen molar-refractivity contribution in [2.75, 3.05) is 7.05 Å². The first-order valence-electron chi connectivity index (χ1n) is 10.9. The van der Waals surface area contributed by atoms with Crippen LogP contribution in [0.3, 0.4) is 0 Å². The van der Waals surface area contributed by atoms with Crippen LogP contribution in [0.25, 0.3) is 0 Å². The number of hydrogen-bond donors (Lipinski definition) is 0. The van der Waals surface area contributed by atoms with Gasteiger partial charge in [-0.25, -0.2) is 0 Å². The van der Waals surface area contributed by atoms with E-state index >= 15 is 0 Å². The van der Waals surface area contributed by atoms with E-state index < -0.39 is 0 Å². The van der Waals surface area contributed by atoms with Crippen molar-refractivity contribution in [1.29, 1.82) is 0 Å². The van der Waals surface area contributed by atoms with E-state index in [0.717, 1.165) is 12.1 Å². The highest BCUT2D eigenvalue weighted by Gasteiger charge is 2.17. The third-order valence-electron chi connectivity index (χ3n) is 5.64. The van der Waals surface area contributed by atoms with Crippen molar-refractivity contribution in [2.45, 2.75) is 136 Å². The van der Waals surface area contributed by atoms with E-state index in [-0.39, 0.29) is 0 Å². The average molecular weight is 326 g/mol. The maximum atomic E-state index is 2.67. The number of unbranched alkanes of at least 4 members (excludes halogenated alkanes) is 10. The fourth-order valence-electron chi connectivity index (χ4n) is 3.52. The first kappa shape index (κ1) is 23.0. The van der Waals surface area contributed by atoms with Crippen LogP contribution in [0.4, 0.5) is 0 Å². The lowest BCUT2D eigenvalue weighted by atomic mass is 9.98. The minimum absolute atomic E-state index is 0.736. The molecular formula is C22H47N. The third kappa shape index (κ3) is 13.0. The van der Waals surface area contributed by atoms with Crippen LogP contribution < -0.4 is 0 Å². The predicted molar refractivity (Wildman–Crippen MR) is 107 cm³/mol. The van der Waals surface area contributed by atoms with Crippen molar-refractivity contribution in [3.63, 3.8) is 0 Å². The van der Waals surface area contributed by atoms with Gasteiger partial charge in [-0.1, -0.05) is 97.8 Å². The summed E-state index contributed by atoms with van der Waals surface area (Å²) in [5, 5.41) is 0. The molecule has 0 aliphatic rings. The predicted octanol–water partition coefficient (Wildman–Crippen LogP) is 7.59. The van der Waals surface area contributed by atoms with Gasteiger partial charge < -0.3 is 4.90 Å². The standard InChI is InChI=1S/C22H47N/c1-6-9-11-13-14-15-16-18-20-22(19-17-12-10-7-2)23(5)21(4)8-3/h21-22H,6-20H2,1-5H3. The lowest BCUT2D eigenvalue weighted by molar-refractivity contribution is 0.156. The molecule has 0 radical (unpaired) electrons. The number of rotatable bonds is 17. The normalized spacial score (nSPS) is 14.3. The van der Waals surface area contributed by atoms with Crippen molar-refractivity contribution in [3.8, 4) is 0 Å². The summed E-state index contributed by atoms with van der Waals surface area (Å²) < 4.78 is 0. The Labute approximate surface area is 148 Å². The van der Waals surface area contributed by atoms with Gasteiger partial charge in [0.2, 0.25) is 0 Å². The van der Waals surface area contributed by atoms with Gasteiger partial charge in [0.05, 0.1) is 0 Å². The molecule has 0 N–H and O–H groups in total. The molecule has 0 aromatic rings. The van der Waals surface area contributed by atoms with Crippen molar-refractivity contribution in [3.05, 3.63) is 0 Å². The van der Waals surface area contributed by atoms with Gasteiger partial charge in [-0.3, -0.25) is 0 Å². The zero-order valence-electron chi connectivity index (χ0n) is 17.2. The minimum Gasteiger partial charge on any atom is -0.301 e. The molecule has 2 atom stereocenters. The molecule has 0 heterocycles. The van der Waals surface area contributed by atoms with E-state index in [1.165, 1.54) is 96.3 Å². The van der Waals surface area contributed by atoms with Crippen LogP contribution in [-0.2, 0) is 0 Å². The van der Waals surface area contributed by atoms with Gasteiger partial charge >= 0.3 is 0 Å². The van der Waals surface area contributed by atoms with Gasteiger partial charge in [0, 0.05) is 12.1 Å². The Morgan fingerprint density at radius 2 is 1.00 bits per heavy atom. The molecule has 0 bridgehead atoms. The molecule has 0 aliphatic carbocycles. The summed E-state index contributed by atoms with van der Waals surface area (Å²) in [6.45, 7) is 9.33.